The number of allylic oxidation sites excluding steroid dienone is 8. The Morgan fingerprint density at radius 1 is 0.955 bits per heavy atom. The van der Waals surface area contributed by atoms with E-state index in [9.17, 15) is 9.59 Å². The van der Waals surface area contributed by atoms with Crippen molar-refractivity contribution in [2.24, 2.45) is 5.92 Å². The lowest BCUT2D eigenvalue weighted by molar-refractivity contribution is -0.123. The molecular formula is C18H26N2O2. The minimum Gasteiger partial charge on any atom is -0.354 e. The minimum absolute atomic E-state index is 0.00832. The number of carbonyl (C=O) groups excluding carboxylic acids is 2. The second kappa shape index (κ2) is 10.6. The van der Waals surface area contributed by atoms with Crippen LogP contribution in [0, 0.1) is 5.92 Å². The second-order valence-electron chi connectivity index (χ2n) is 5.67. The molecule has 0 aliphatic heterocycles. The average Bonchev–Trinajstić information content (AvgIpc) is 2.41. The summed E-state index contributed by atoms with van der Waals surface area (Å²) in [4.78, 5) is 23.2. The lowest BCUT2D eigenvalue weighted by Crippen LogP contribution is -2.34. The zero-order chi connectivity index (χ0) is 16.2. The topological polar surface area (TPSA) is 58.2 Å². The largest absolute Gasteiger partial charge is 0.354 e. The quantitative estimate of drug-likeness (QED) is 0.677. The molecule has 0 fully saturated rings. The summed E-state index contributed by atoms with van der Waals surface area (Å²) in [7, 11) is 0. The number of carbonyl (C=O) groups is 2. The minimum atomic E-state index is 0.00832. The third-order valence-corrected chi connectivity index (χ3v) is 3.07. The van der Waals surface area contributed by atoms with E-state index in [4.69, 9.17) is 0 Å². The van der Waals surface area contributed by atoms with E-state index in [2.05, 4.69) is 10.6 Å². The smallest absolute Gasteiger partial charge is 0.220 e. The Labute approximate surface area is 133 Å². The van der Waals surface area contributed by atoms with Crippen molar-refractivity contribution < 1.29 is 9.59 Å². The number of amides is 2. The van der Waals surface area contributed by atoms with Gasteiger partial charge in [0.15, 0.2) is 0 Å². The third kappa shape index (κ3) is 8.95. The number of hydrogen-bond acceptors (Lipinski definition) is 2. The van der Waals surface area contributed by atoms with Crippen LogP contribution in [0.15, 0.2) is 48.1 Å². The summed E-state index contributed by atoms with van der Waals surface area (Å²) in [6.07, 6.45) is 15.5. The number of hydrogen-bond donors (Lipinski definition) is 2. The van der Waals surface area contributed by atoms with Gasteiger partial charge in [-0.05, 0) is 17.9 Å². The molecule has 0 saturated heterocycles. The van der Waals surface area contributed by atoms with E-state index < -0.39 is 0 Å². The van der Waals surface area contributed by atoms with Crippen molar-refractivity contribution in [2.45, 2.75) is 33.1 Å². The van der Waals surface area contributed by atoms with Crippen molar-refractivity contribution in [1.29, 1.82) is 0 Å². The van der Waals surface area contributed by atoms with Gasteiger partial charge in [0.25, 0.3) is 0 Å². The summed E-state index contributed by atoms with van der Waals surface area (Å²) < 4.78 is 0. The predicted octanol–water partition coefficient (Wildman–Crippen LogP) is 2.65. The maximum absolute atomic E-state index is 11.8. The Kier molecular flexibility index (Phi) is 8.65. The third-order valence-electron chi connectivity index (χ3n) is 3.07. The molecule has 0 unspecified atom stereocenters. The lowest BCUT2D eigenvalue weighted by atomic mass is 10.1. The van der Waals surface area contributed by atoms with E-state index in [1.54, 1.807) is 0 Å². The van der Waals surface area contributed by atoms with E-state index in [0.29, 0.717) is 38.3 Å². The van der Waals surface area contributed by atoms with Crippen LogP contribution in [0.25, 0.3) is 0 Å². The SMILES string of the molecule is CC(C)CC(=O)NCCNC(=O)CCC1=C/C=C\C=C/C=C1. The molecular weight excluding hydrogens is 276 g/mol. The van der Waals surface area contributed by atoms with Gasteiger partial charge in [0, 0.05) is 25.9 Å². The molecule has 120 valence electrons. The van der Waals surface area contributed by atoms with Crippen LogP contribution in [0.4, 0.5) is 0 Å². The molecule has 0 aromatic carbocycles. The van der Waals surface area contributed by atoms with Gasteiger partial charge >= 0.3 is 0 Å². The van der Waals surface area contributed by atoms with Crippen LogP contribution in [0.2, 0.25) is 0 Å². The van der Waals surface area contributed by atoms with E-state index in [-0.39, 0.29) is 11.8 Å². The second-order valence-corrected chi connectivity index (χ2v) is 5.67. The summed E-state index contributed by atoms with van der Waals surface area (Å²) >= 11 is 0. The molecule has 1 aliphatic rings. The summed E-state index contributed by atoms with van der Waals surface area (Å²) in [6.45, 7) is 4.96. The Bertz CT molecular complexity index is 485. The average molecular weight is 302 g/mol. The molecule has 1 rings (SSSR count). The fraction of sp³-hybridized carbons (Fsp3) is 0.444. The van der Waals surface area contributed by atoms with Crippen molar-refractivity contribution in [3.05, 3.63) is 48.1 Å². The van der Waals surface area contributed by atoms with Crippen molar-refractivity contribution in [3.63, 3.8) is 0 Å². The fourth-order valence-corrected chi connectivity index (χ4v) is 1.97. The van der Waals surface area contributed by atoms with Gasteiger partial charge in [0.2, 0.25) is 11.8 Å². The van der Waals surface area contributed by atoms with Crippen LogP contribution in [0.5, 0.6) is 0 Å². The lowest BCUT2D eigenvalue weighted by Gasteiger charge is -2.08. The van der Waals surface area contributed by atoms with Gasteiger partial charge in [-0.15, -0.1) is 0 Å². The summed E-state index contributed by atoms with van der Waals surface area (Å²) in [5.41, 5.74) is 1.13. The van der Waals surface area contributed by atoms with Gasteiger partial charge in [-0.2, -0.15) is 0 Å². The van der Waals surface area contributed by atoms with Gasteiger partial charge in [-0.25, -0.2) is 0 Å². The van der Waals surface area contributed by atoms with E-state index in [1.165, 1.54) is 0 Å². The number of nitrogens with one attached hydrogen (secondary N) is 2. The van der Waals surface area contributed by atoms with E-state index in [0.717, 1.165) is 5.57 Å². The van der Waals surface area contributed by atoms with Crippen LogP contribution in [0.1, 0.15) is 33.1 Å². The van der Waals surface area contributed by atoms with Crippen LogP contribution >= 0.6 is 0 Å². The highest BCUT2D eigenvalue weighted by Crippen LogP contribution is 2.09. The normalized spacial score (nSPS) is 16.4. The fourth-order valence-electron chi connectivity index (χ4n) is 1.97. The molecule has 0 heterocycles. The van der Waals surface area contributed by atoms with Gasteiger partial charge < -0.3 is 10.6 Å². The first-order valence-corrected chi connectivity index (χ1v) is 7.82. The maximum atomic E-state index is 11.8. The van der Waals surface area contributed by atoms with Gasteiger partial charge in [0.1, 0.15) is 0 Å². The summed E-state index contributed by atoms with van der Waals surface area (Å²) in [5, 5.41) is 5.62. The molecule has 0 aromatic rings. The van der Waals surface area contributed by atoms with Crippen LogP contribution in [-0.4, -0.2) is 24.9 Å². The van der Waals surface area contributed by atoms with Crippen LogP contribution in [0.3, 0.4) is 0 Å². The Morgan fingerprint density at radius 3 is 2.32 bits per heavy atom. The monoisotopic (exact) mass is 302 g/mol. The van der Waals surface area contributed by atoms with Crippen LogP contribution < -0.4 is 10.6 Å². The highest BCUT2D eigenvalue weighted by atomic mass is 16.2. The first-order valence-electron chi connectivity index (χ1n) is 7.82. The molecule has 0 atom stereocenters. The van der Waals surface area contributed by atoms with Gasteiger partial charge in [-0.3, -0.25) is 9.59 Å². The molecule has 22 heavy (non-hydrogen) atoms. The summed E-state index contributed by atoms with van der Waals surface area (Å²) in [6, 6.07) is 0. The first-order chi connectivity index (χ1) is 10.6. The Balaban J connectivity index is 2.15. The zero-order valence-electron chi connectivity index (χ0n) is 13.5. The standard InChI is InChI=1S/C18H26N2O2/c1-15(2)14-18(22)20-13-12-19-17(21)11-10-16-8-6-4-3-5-7-9-16/h3-9,15H,10-14H2,1-2H3,(H,19,21)(H,20,22)/b4-3-,5-3?,6-4?,7-5-,8-6?,9-7?,16-8?,16-9?. The van der Waals surface area contributed by atoms with Crippen molar-refractivity contribution in [2.75, 3.05) is 13.1 Å². The van der Waals surface area contributed by atoms with Crippen molar-refractivity contribution >= 4 is 11.8 Å². The molecule has 4 nitrogen and oxygen atoms in total. The summed E-state index contributed by atoms with van der Waals surface area (Å²) in [5.74, 6) is 0.395. The molecule has 0 radical (unpaired) electrons. The molecule has 0 spiro atoms. The Morgan fingerprint density at radius 2 is 1.59 bits per heavy atom. The number of rotatable bonds is 8. The molecule has 0 bridgehead atoms. The molecule has 2 N–H and O–H groups in total. The van der Waals surface area contributed by atoms with Crippen molar-refractivity contribution in [3.8, 4) is 0 Å². The predicted molar refractivity (Wildman–Crippen MR) is 90.2 cm³/mol. The molecule has 0 saturated carbocycles. The van der Waals surface area contributed by atoms with E-state index in [1.807, 2.05) is 56.4 Å². The molecule has 4 heteroatoms. The highest BCUT2D eigenvalue weighted by Gasteiger charge is 2.05. The first kappa shape index (κ1) is 18.0. The molecule has 0 aromatic heterocycles. The van der Waals surface area contributed by atoms with Crippen LogP contribution in [-0.2, 0) is 9.59 Å². The molecule has 2 amide bonds. The Hall–Kier alpha value is -2.10. The maximum Gasteiger partial charge on any atom is 0.220 e. The van der Waals surface area contributed by atoms with E-state index >= 15 is 0 Å². The highest BCUT2D eigenvalue weighted by molar-refractivity contribution is 5.77. The van der Waals surface area contributed by atoms with Gasteiger partial charge in [0.05, 0.1) is 0 Å². The zero-order valence-corrected chi connectivity index (χ0v) is 13.5. The van der Waals surface area contributed by atoms with Gasteiger partial charge in [-0.1, -0.05) is 56.4 Å². The van der Waals surface area contributed by atoms with Crippen molar-refractivity contribution in [1.82, 2.24) is 10.6 Å². The molecule has 1 aliphatic carbocycles.